The van der Waals surface area contributed by atoms with Crippen LogP contribution >= 0.6 is 0 Å². The summed E-state index contributed by atoms with van der Waals surface area (Å²) in [5.41, 5.74) is 0.278. The molecule has 0 saturated carbocycles. The summed E-state index contributed by atoms with van der Waals surface area (Å²) in [6.45, 7) is 0. The maximum absolute atomic E-state index is 11.1. The lowest BCUT2D eigenvalue weighted by Crippen LogP contribution is -2.14. The van der Waals surface area contributed by atoms with Crippen LogP contribution in [0.2, 0.25) is 0 Å². The standard InChI is InChI=1S/C8H8O4S/c9-8(6-13(10,11)12)7-4-2-1-3-5-7/h1-5H,6H2,(H,10,11,12). The molecule has 0 radical (unpaired) electrons. The van der Waals surface area contributed by atoms with Gasteiger partial charge in [-0.3, -0.25) is 9.35 Å². The van der Waals surface area contributed by atoms with Gasteiger partial charge in [0.2, 0.25) is 0 Å². The monoisotopic (exact) mass is 200 g/mol. The third-order valence-electron chi connectivity index (χ3n) is 1.41. The first kappa shape index (κ1) is 9.88. The Kier molecular flexibility index (Phi) is 2.79. The Morgan fingerprint density at radius 3 is 2.23 bits per heavy atom. The fraction of sp³-hybridized carbons (Fsp3) is 0.125. The Bertz CT molecular complexity index is 393. The first-order chi connectivity index (χ1) is 5.99. The molecule has 1 N–H and O–H groups in total. The Hall–Kier alpha value is -1.20. The first-order valence-corrected chi connectivity index (χ1v) is 5.13. The van der Waals surface area contributed by atoms with Crippen LogP contribution in [0.1, 0.15) is 10.4 Å². The Morgan fingerprint density at radius 1 is 1.23 bits per heavy atom. The second-order valence-electron chi connectivity index (χ2n) is 2.52. The van der Waals surface area contributed by atoms with Gasteiger partial charge in [0.1, 0.15) is 5.75 Å². The highest BCUT2D eigenvalue weighted by atomic mass is 32.2. The summed E-state index contributed by atoms with van der Waals surface area (Å²) < 4.78 is 29.1. The summed E-state index contributed by atoms with van der Waals surface area (Å²) in [7, 11) is -4.22. The molecular formula is C8H8O4S. The van der Waals surface area contributed by atoms with Crippen LogP contribution in [-0.4, -0.2) is 24.5 Å². The minimum Gasteiger partial charge on any atom is -0.293 e. The van der Waals surface area contributed by atoms with E-state index in [2.05, 4.69) is 0 Å². The molecule has 1 aromatic carbocycles. The highest BCUT2D eigenvalue weighted by Gasteiger charge is 2.13. The zero-order valence-electron chi connectivity index (χ0n) is 6.67. The van der Waals surface area contributed by atoms with E-state index in [-0.39, 0.29) is 5.56 Å². The molecule has 0 fully saturated rings. The lowest BCUT2D eigenvalue weighted by Gasteiger charge is -1.96. The molecule has 70 valence electrons. The van der Waals surface area contributed by atoms with Crippen molar-refractivity contribution in [3.05, 3.63) is 35.9 Å². The van der Waals surface area contributed by atoms with Gasteiger partial charge in [0, 0.05) is 5.56 Å². The van der Waals surface area contributed by atoms with Gasteiger partial charge in [-0.05, 0) is 0 Å². The van der Waals surface area contributed by atoms with Crippen LogP contribution in [0, 0.1) is 0 Å². The summed E-state index contributed by atoms with van der Waals surface area (Å²) in [5, 5.41) is 0. The van der Waals surface area contributed by atoms with Gasteiger partial charge in [-0.2, -0.15) is 8.42 Å². The van der Waals surface area contributed by atoms with E-state index in [4.69, 9.17) is 4.55 Å². The lowest BCUT2D eigenvalue weighted by atomic mass is 10.2. The number of benzene rings is 1. The molecule has 4 nitrogen and oxygen atoms in total. The number of carbonyl (C=O) groups is 1. The molecule has 0 atom stereocenters. The van der Waals surface area contributed by atoms with Crippen molar-refractivity contribution in [3.8, 4) is 0 Å². The molecule has 0 saturated heterocycles. The molecule has 0 amide bonds. The third-order valence-corrected chi connectivity index (χ3v) is 2.04. The number of rotatable bonds is 3. The van der Waals surface area contributed by atoms with Gasteiger partial charge in [-0.15, -0.1) is 0 Å². The highest BCUT2D eigenvalue weighted by molar-refractivity contribution is 7.86. The summed E-state index contributed by atoms with van der Waals surface area (Å²) in [5.74, 6) is -1.47. The minimum absolute atomic E-state index is 0.278. The average molecular weight is 200 g/mol. The number of Topliss-reactive ketones (excluding diaryl/α,β-unsaturated/α-hetero) is 1. The van der Waals surface area contributed by atoms with Crippen molar-refractivity contribution in [2.45, 2.75) is 0 Å². The molecule has 0 aliphatic rings. The zero-order valence-corrected chi connectivity index (χ0v) is 7.49. The summed E-state index contributed by atoms with van der Waals surface area (Å²) in [6.07, 6.45) is 0. The molecular weight excluding hydrogens is 192 g/mol. The van der Waals surface area contributed by atoms with E-state index in [1.54, 1.807) is 18.2 Å². The fourth-order valence-electron chi connectivity index (χ4n) is 0.873. The van der Waals surface area contributed by atoms with Crippen LogP contribution in [0.5, 0.6) is 0 Å². The van der Waals surface area contributed by atoms with E-state index >= 15 is 0 Å². The molecule has 0 unspecified atom stereocenters. The van der Waals surface area contributed by atoms with Gasteiger partial charge in [0.05, 0.1) is 0 Å². The smallest absolute Gasteiger partial charge is 0.272 e. The van der Waals surface area contributed by atoms with Gasteiger partial charge in [-0.25, -0.2) is 0 Å². The molecule has 0 bridgehead atoms. The van der Waals surface area contributed by atoms with Crippen LogP contribution in [-0.2, 0) is 10.1 Å². The predicted octanol–water partition coefficient (Wildman–Crippen LogP) is 0.757. The predicted molar refractivity (Wildman–Crippen MR) is 47.2 cm³/mol. The van der Waals surface area contributed by atoms with E-state index in [0.717, 1.165) is 0 Å². The van der Waals surface area contributed by atoms with Crippen LogP contribution in [0.15, 0.2) is 30.3 Å². The van der Waals surface area contributed by atoms with Crippen molar-refractivity contribution in [1.82, 2.24) is 0 Å². The maximum Gasteiger partial charge on any atom is 0.272 e. The fourth-order valence-corrected chi connectivity index (χ4v) is 1.37. The number of hydrogen-bond donors (Lipinski definition) is 1. The second-order valence-corrected chi connectivity index (χ2v) is 3.97. The van der Waals surface area contributed by atoms with Crippen LogP contribution in [0.4, 0.5) is 0 Å². The molecule has 5 heteroatoms. The van der Waals surface area contributed by atoms with E-state index < -0.39 is 21.7 Å². The van der Waals surface area contributed by atoms with Gasteiger partial charge < -0.3 is 0 Å². The first-order valence-electron chi connectivity index (χ1n) is 3.52. The van der Waals surface area contributed by atoms with Gasteiger partial charge in [0.25, 0.3) is 10.1 Å². The van der Waals surface area contributed by atoms with Crippen LogP contribution in [0.3, 0.4) is 0 Å². The topological polar surface area (TPSA) is 71.4 Å². The Balaban J connectivity index is 2.82. The molecule has 1 aromatic rings. The molecule has 0 aliphatic heterocycles. The highest BCUT2D eigenvalue weighted by Crippen LogP contribution is 2.01. The molecule has 0 aliphatic carbocycles. The largest absolute Gasteiger partial charge is 0.293 e. The number of carbonyl (C=O) groups excluding carboxylic acids is 1. The van der Waals surface area contributed by atoms with Gasteiger partial charge in [0.15, 0.2) is 5.78 Å². The van der Waals surface area contributed by atoms with Crippen molar-refractivity contribution >= 4 is 15.9 Å². The van der Waals surface area contributed by atoms with Crippen LogP contribution in [0.25, 0.3) is 0 Å². The summed E-state index contributed by atoms with van der Waals surface area (Å²) >= 11 is 0. The van der Waals surface area contributed by atoms with Crippen molar-refractivity contribution in [1.29, 1.82) is 0 Å². The van der Waals surface area contributed by atoms with Crippen LogP contribution < -0.4 is 0 Å². The Morgan fingerprint density at radius 2 is 1.77 bits per heavy atom. The molecule has 0 aromatic heterocycles. The quantitative estimate of drug-likeness (QED) is 0.577. The lowest BCUT2D eigenvalue weighted by molar-refractivity contribution is 0.101. The summed E-state index contributed by atoms with van der Waals surface area (Å²) in [6, 6.07) is 7.94. The minimum atomic E-state index is -4.22. The number of hydrogen-bond acceptors (Lipinski definition) is 3. The van der Waals surface area contributed by atoms with Crippen molar-refractivity contribution in [2.75, 3.05) is 5.75 Å². The second kappa shape index (κ2) is 3.68. The average Bonchev–Trinajstić information content (AvgIpc) is 2.03. The van der Waals surface area contributed by atoms with Gasteiger partial charge >= 0.3 is 0 Å². The Labute approximate surface area is 76.0 Å². The van der Waals surface area contributed by atoms with Crippen molar-refractivity contribution in [3.63, 3.8) is 0 Å². The van der Waals surface area contributed by atoms with E-state index in [0.29, 0.717) is 0 Å². The third kappa shape index (κ3) is 3.35. The van der Waals surface area contributed by atoms with E-state index in [1.165, 1.54) is 12.1 Å². The van der Waals surface area contributed by atoms with Crippen molar-refractivity contribution < 1.29 is 17.8 Å². The summed E-state index contributed by atoms with van der Waals surface area (Å²) in [4.78, 5) is 11.1. The molecule has 13 heavy (non-hydrogen) atoms. The van der Waals surface area contributed by atoms with Gasteiger partial charge in [-0.1, -0.05) is 30.3 Å². The maximum atomic E-state index is 11.1. The van der Waals surface area contributed by atoms with E-state index in [9.17, 15) is 13.2 Å². The van der Waals surface area contributed by atoms with E-state index in [1.807, 2.05) is 0 Å². The zero-order chi connectivity index (χ0) is 9.90. The SMILES string of the molecule is O=C(CS(=O)(=O)O)c1ccccc1. The molecule has 1 rings (SSSR count). The number of ketones is 1. The molecule has 0 heterocycles. The normalized spacial score (nSPS) is 11.2. The van der Waals surface area contributed by atoms with Crippen molar-refractivity contribution in [2.24, 2.45) is 0 Å². The molecule has 0 spiro atoms.